The first-order chi connectivity index (χ1) is 20.4. The van der Waals surface area contributed by atoms with E-state index in [2.05, 4.69) is 85.8 Å². The lowest BCUT2D eigenvalue weighted by atomic mass is 10.1. The minimum absolute atomic E-state index is 0.0668. The number of amides is 1. The van der Waals surface area contributed by atoms with E-state index in [-0.39, 0.29) is 12.0 Å². The molecular weight excluding hydrogens is 546 g/mol. The molecule has 4 heterocycles. The lowest BCUT2D eigenvalue weighted by Gasteiger charge is -2.32. The predicted octanol–water partition coefficient (Wildman–Crippen LogP) is 3.65. The number of hydrogen-bond acceptors (Lipinski definition) is 5. The van der Waals surface area contributed by atoms with Crippen molar-refractivity contribution in [2.45, 2.75) is 32.5 Å². The molecule has 0 bridgehead atoms. The number of hydrogen-bond donors (Lipinski definition) is 3. The third-order valence-electron chi connectivity index (χ3n) is 8.47. The molecule has 3 N–H and O–H groups in total. The number of carbonyl (C=O) groups is 1. The number of nitrogens with one attached hydrogen (secondary N) is 3. The number of benzene rings is 2. The van der Waals surface area contributed by atoms with Crippen molar-refractivity contribution in [3.05, 3.63) is 66.0 Å². The van der Waals surface area contributed by atoms with Crippen LogP contribution >= 0.6 is 12.2 Å². The molecule has 1 amide bonds. The zero-order valence-electron chi connectivity index (χ0n) is 24.6. The van der Waals surface area contributed by atoms with Gasteiger partial charge in [-0.05, 0) is 61.9 Å². The van der Waals surface area contributed by atoms with Gasteiger partial charge in [0.15, 0.2) is 5.11 Å². The van der Waals surface area contributed by atoms with Crippen LogP contribution in [0.1, 0.15) is 18.1 Å². The first kappa shape index (κ1) is 28.7. The summed E-state index contributed by atoms with van der Waals surface area (Å²) in [5.41, 5.74) is 5.62. The number of anilines is 1. The number of morpholine rings is 1. The van der Waals surface area contributed by atoms with Crippen LogP contribution in [0.5, 0.6) is 0 Å². The quantitative estimate of drug-likeness (QED) is 0.272. The summed E-state index contributed by atoms with van der Waals surface area (Å²) < 4.78 is 7.77. The van der Waals surface area contributed by atoms with Gasteiger partial charge in [0.05, 0.1) is 18.2 Å². The largest absolute Gasteiger partial charge is 0.375 e. The van der Waals surface area contributed by atoms with Crippen molar-refractivity contribution in [1.82, 2.24) is 29.6 Å². The summed E-state index contributed by atoms with van der Waals surface area (Å²) >= 11 is 5.65. The van der Waals surface area contributed by atoms with E-state index in [1.54, 1.807) is 0 Å². The molecule has 2 aromatic carbocycles. The maximum absolute atomic E-state index is 13.3. The van der Waals surface area contributed by atoms with Gasteiger partial charge < -0.3 is 34.7 Å². The second kappa shape index (κ2) is 12.8. The molecule has 2 fully saturated rings. The van der Waals surface area contributed by atoms with Gasteiger partial charge in [0.25, 0.3) is 0 Å². The standard InChI is InChI=1S/C32H41N7O2S/c1-23-19-38(15-16-41-23)31(40)22-39-21-25(20-37-13-11-36(2)12-14-37)28-8-7-26(17-30(28)39)35-32(42)33-10-9-24-18-34-29-6-4-3-5-27(24)29/h3-8,17-18,21,23,34H,9-16,19-20,22H2,1-2H3,(H2,33,35,42). The number of nitrogens with zero attached hydrogens (tertiary/aromatic N) is 4. The number of ether oxygens (including phenoxy) is 1. The lowest BCUT2D eigenvalue weighted by Crippen LogP contribution is -2.45. The average molecular weight is 588 g/mol. The van der Waals surface area contributed by atoms with Crippen LogP contribution < -0.4 is 10.6 Å². The van der Waals surface area contributed by atoms with E-state index in [1.807, 2.05) is 17.9 Å². The van der Waals surface area contributed by atoms with Gasteiger partial charge in [-0.1, -0.05) is 24.3 Å². The van der Waals surface area contributed by atoms with Gasteiger partial charge in [0, 0.05) is 86.7 Å². The second-order valence-corrected chi connectivity index (χ2v) is 12.0. The predicted molar refractivity (Wildman–Crippen MR) is 173 cm³/mol. The van der Waals surface area contributed by atoms with E-state index in [4.69, 9.17) is 17.0 Å². The Hall–Kier alpha value is -3.44. The van der Waals surface area contributed by atoms with Crippen LogP contribution in [0.3, 0.4) is 0 Å². The number of H-pyrrole nitrogens is 1. The third-order valence-corrected chi connectivity index (χ3v) is 8.71. The molecule has 2 aromatic heterocycles. The van der Waals surface area contributed by atoms with Crippen molar-refractivity contribution in [2.24, 2.45) is 0 Å². The van der Waals surface area contributed by atoms with E-state index < -0.39 is 0 Å². The maximum Gasteiger partial charge on any atom is 0.242 e. The molecule has 6 rings (SSSR count). The van der Waals surface area contributed by atoms with E-state index in [0.29, 0.717) is 31.4 Å². The normalized spacial score (nSPS) is 18.5. The minimum atomic E-state index is 0.0668. The second-order valence-electron chi connectivity index (χ2n) is 11.6. The topological polar surface area (TPSA) is 80.8 Å². The van der Waals surface area contributed by atoms with E-state index in [9.17, 15) is 4.79 Å². The zero-order valence-corrected chi connectivity index (χ0v) is 25.4. The first-order valence-corrected chi connectivity index (χ1v) is 15.4. The molecule has 0 spiro atoms. The van der Waals surface area contributed by atoms with Gasteiger partial charge in [0.1, 0.15) is 6.54 Å². The summed E-state index contributed by atoms with van der Waals surface area (Å²) in [5, 5.41) is 9.74. The molecule has 1 atom stereocenters. The third kappa shape index (κ3) is 6.62. The van der Waals surface area contributed by atoms with Crippen LogP contribution in [0, 0.1) is 0 Å². The van der Waals surface area contributed by atoms with Crippen LogP contribution in [0.25, 0.3) is 21.8 Å². The highest BCUT2D eigenvalue weighted by atomic mass is 32.1. The van der Waals surface area contributed by atoms with Gasteiger partial charge in [0.2, 0.25) is 5.91 Å². The Labute approximate surface area is 252 Å². The van der Waals surface area contributed by atoms with E-state index >= 15 is 0 Å². The fraction of sp³-hybridized carbons (Fsp3) is 0.438. The highest BCUT2D eigenvalue weighted by Crippen LogP contribution is 2.27. The Morgan fingerprint density at radius 2 is 1.90 bits per heavy atom. The number of fused-ring (bicyclic) bond motifs is 2. The maximum atomic E-state index is 13.3. The number of aromatic amines is 1. The van der Waals surface area contributed by atoms with Crippen molar-refractivity contribution < 1.29 is 9.53 Å². The summed E-state index contributed by atoms with van der Waals surface area (Å²) in [7, 11) is 2.18. The summed E-state index contributed by atoms with van der Waals surface area (Å²) in [6, 6.07) is 14.7. The molecule has 42 heavy (non-hydrogen) atoms. The molecule has 1 unspecified atom stereocenters. The lowest BCUT2D eigenvalue weighted by molar-refractivity contribution is -0.138. The highest BCUT2D eigenvalue weighted by Gasteiger charge is 2.23. The summed E-state index contributed by atoms with van der Waals surface area (Å²) in [5.74, 6) is 0.126. The number of aromatic nitrogens is 2. The molecule has 2 aliphatic heterocycles. The fourth-order valence-corrected chi connectivity index (χ4v) is 6.28. The fourth-order valence-electron chi connectivity index (χ4n) is 6.06. The number of rotatable bonds is 8. The smallest absolute Gasteiger partial charge is 0.242 e. The molecule has 0 aliphatic carbocycles. The number of carbonyl (C=O) groups excluding carboxylic acids is 1. The highest BCUT2D eigenvalue weighted by molar-refractivity contribution is 7.80. The number of likely N-dealkylation sites (N-methyl/N-ethyl adjacent to an activating group) is 1. The minimum Gasteiger partial charge on any atom is -0.375 e. The Morgan fingerprint density at radius 1 is 1.07 bits per heavy atom. The van der Waals surface area contributed by atoms with Gasteiger partial charge in [-0.3, -0.25) is 9.69 Å². The monoisotopic (exact) mass is 587 g/mol. The van der Waals surface area contributed by atoms with Crippen molar-refractivity contribution in [2.75, 3.05) is 64.8 Å². The Balaban J connectivity index is 1.16. The molecule has 0 radical (unpaired) electrons. The summed E-state index contributed by atoms with van der Waals surface area (Å²) in [6.45, 7) is 10.0. The molecule has 9 nitrogen and oxygen atoms in total. The van der Waals surface area contributed by atoms with Gasteiger partial charge in [-0.15, -0.1) is 0 Å². The molecule has 2 aliphatic rings. The number of piperazine rings is 1. The SMILES string of the molecule is CC1CN(C(=O)Cn2cc(CN3CCN(C)CC3)c3ccc(NC(=S)NCCc4c[nH]c5ccccc45)cc32)CCO1. The Kier molecular flexibility index (Phi) is 8.76. The zero-order chi connectivity index (χ0) is 29.1. The Bertz CT molecular complexity index is 1560. The molecule has 4 aromatic rings. The summed E-state index contributed by atoms with van der Waals surface area (Å²) in [4.78, 5) is 23.5. The van der Waals surface area contributed by atoms with Gasteiger partial charge >= 0.3 is 0 Å². The molecular formula is C32H41N7O2S. The van der Waals surface area contributed by atoms with Gasteiger partial charge in [-0.25, -0.2) is 0 Å². The van der Waals surface area contributed by atoms with Crippen molar-refractivity contribution in [3.8, 4) is 0 Å². The van der Waals surface area contributed by atoms with Gasteiger partial charge in [-0.2, -0.15) is 0 Å². The van der Waals surface area contributed by atoms with Crippen LogP contribution in [0.2, 0.25) is 0 Å². The summed E-state index contributed by atoms with van der Waals surface area (Å²) in [6.07, 6.45) is 5.18. The average Bonchev–Trinajstić information content (AvgIpc) is 3.55. The van der Waals surface area contributed by atoms with E-state index in [1.165, 1.54) is 21.9 Å². The van der Waals surface area contributed by atoms with Crippen molar-refractivity contribution >= 4 is 50.7 Å². The van der Waals surface area contributed by atoms with Crippen molar-refractivity contribution in [1.29, 1.82) is 0 Å². The van der Waals surface area contributed by atoms with Crippen LogP contribution in [-0.4, -0.2) is 101 Å². The van der Waals surface area contributed by atoms with Crippen LogP contribution in [-0.2, 0) is 29.0 Å². The first-order valence-electron chi connectivity index (χ1n) is 14.9. The van der Waals surface area contributed by atoms with Crippen LogP contribution in [0.15, 0.2) is 54.9 Å². The Morgan fingerprint density at radius 3 is 2.74 bits per heavy atom. The molecule has 2 saturated heterocycles. The number of thiocarbonyl (C=S) groups is 1. The van der Waals surface area contributed by atoms with Crippen molar-refractivity contribution in [3.63, 3.8) is 0 Å². The number of para-hydroxylation sites is 1. The van der Waals surface area contributed by atoms with Crippen LogP contribution in [0.4, 0.5) is 5.69 Å². The molecule has 0 saturated carbocycles. The molecule has 222 valence electrons. The van der Waals surface area contributed by atoms with E-state index in [0.717, 1.165) is 62.4 Å². The molecule has 10 heteroatoms.